The molecule has 0 aromatic carbocycles. The topological polar surface area (TPSA) is 17.1 Å². The Bertz CT molecular complexity index is 191. The van der Waals surface area contributed by atoms with E-state index in [0.29, 0.717) is 0 Å². The molecule has 0 amide bonds. The Morgan fingerprint density at radius 3 is 1.72 bits per heavy atom. The number of carbonyl (C=O) groups excluding carboxylic acids is 1. The van der Waals surface area contributed by atoms with Crippen LogP contribution in [0.1, 0.15) is 85.9 Å². The predicted molar refractivity (Wildman–Crippen MR) is 80.7 cm³/mol. The molecule has 0 fully saturated rings. The van der Waals surface area contributed by atoms with Gasteiger partial charge in [-0.2, -0.15) is 0 Å². The maximum absolute atomic E-state index is 10.9. The molecule has 0 rings (SSSR count). The van der Waals surface area contributed by atoms with Crippen molar-refractivity contribution in [2.24, 2.45) is 5.92 Å². The zero-order chi connectivity index (χ0) is 12.9. The maximum atomic E-state index is 10.9. The van der Waals surface area contributed by atoms with Gasteiger partial charge >= 0.3 is 29.6 Å². The molecule has 1 nitrogen and oxygen atoms in total. The van der Waals surface area contributed by atoms with Crippen LogP contribution in [0, 0.1) is 5.92 Å². The first-order valence-electron chi connectivity index (χ1n) is 7.41. The van der Waals surface area contributed by atoms with Crippen LogP contribution in [0.4, 0.5) is 0 Å². The van der Waals surface area contributed by atoms with Gasteiger partial charge in [-0.05, 0) is 6.42 Å². The second-order valence-corrected chi connectivity index (χ2v) is 5.65. The van der Waals surface area contributed by atoms with Crippen LogP contribution in [0.2, 0.25) is 0 Å². The molecule has 18 heavy (non-hydrogen) atoms. The molecule has 0 radical (unpaired) electrons. The molecule has 3 heteroatoms. The van der Waals surface area contributed by atoms with Crippen LogP contribution < -0.4 is 29.6 Å². The fourth-order valence-corrected chi connectivity index (χ4v) is 2.19. The van der Waals surface area contributed by atoms with Gasteiger partial charge < -0.3 is 1.43 Å². The standard InChI is InChI=1S/C15H30OS.Na.H/c1-3-4-5-6-7-8-9-10-11-12-13-14(2)15(16)17;;/h14H,3-13H2,1-2H3,(H,16,17);;/q;+1;-1. The van der Waals surface area contributed by atoms with Crippen LogP contribution in [0.5, 0.6) is 0 Å². The first-order valence-corrected chi connectivity index (χ1v) is 7.86. The van der Waals surface area contributed by atoms with Crippen molar-refractivity contribution in [3.05, 3.63) is 0 Å². The zero-order valence-corrected chi connectivity index (χ0v) is 15.6. The molecule has 1 unspecified atom stereocenters. The van der Waals surface area contributed by atoms with E-state index in [9.17, 15) is 4.79 Å². The second-order valence-electron chi connectivity index (χ2n) is 5.21. The molecule has 0 aromatic rings. The fourth-order valence-electron chi connectivity index (χ4n) is 2.06. The summed E-state index contributed by atoms with van der Waals surface area (Å²) in [6.45, 7) is 4.24. The quantitative estimate of drug-likeness (QED) is 0.331. The van der Waals surface area contributed by atoms with Gasteiger partial charge in [0.1, 0.15) is 0 Å². The third-order valence-corrected chi connectivity index (χ3v) is 3.85. The number of hydrogen-bond donors (Lipinski definition) is 1. The minimum absolute atomic E-state index is 0. The van der Waals surface area contributed by atoms with Gasteiger partial charge in [0, 0.05) is 5.92 Å². The van der Waals surface area contributed by atoms with Crippen LogP contribution in [0.25, 0.3) is 0 Å². The molecule has 104 valence electrons. The molecule has 0 saturated heterocycles. The molecule has 0 N–H and O–H groups in total. The Kier molecular flexibility index (Phi) is 19.0. The first-order chi connectivity index (χ1) is 8.18. The van der Waals surface area contributed by atoms with Gasteiger partial charge in [0.05, 0.1) is 0 Å². The van der Waals surface area contributed by atoms with Gasteiger partial charge in [-0.25, -0.2) is 0 Å². The molecule has 0 aromatic heterocycles. The Morgan fingerprint density at radius 1 is 0.944 bits per heavy atom. The minimum atomic E-state index is 0. The number of thiol groups is 1. The third kappa shape index (κ3) is 15.1. The summed E-state index contributed by atoms with van der Waals surface area (Å²) in [5, 5.41) is 0.0425. The molecular formula is C15H31NaOS. The van der Waals surface area contributed by atoms with E-state index in [1.54, 1.807) is 0 Å². The van der Waals surface area contributed by atoms with Crippen molar-refractivity contribution in [2.45, 2.75) is 84.5 Å². The number of unbranched alkanes of at least 4 members (excludes halogenated alkanes) is 9. The molecule has 0 aliphatic rings. The van der Waals surface area contributed by atoms with Gasteiger partial charge in [0.25, 0.3) is 0 Å². The fraction of sp³-hybridized carbons (Fsp3) is 0.933. The van der Waals surface area contributed by atoms with Gasteiger partial charge in [-0.15, -0.1) is 12.6 Å². The molecule has 0 bridgehead atoms. The van der Waals surface area contributed by atoms with E-state index < -0.39 is 0 Å². The molecular weight excluding hydrogens is 251 g/mol. The van der Waals surface area contributed by atoms with E-state index in [2.05, 4.69) is 19.6 Å². The van der Waals surface area contributed by atoms with Gasteiger partial charge in [0.2, 0.25) is 0 Å². The van der Waals surface area contributed by atoms with E-state index in [1.165, 1.54) is 64.2 Å². The molecule has 0 aliphatic carbocycles. The van der Waals surface area contributed by atoms with E-state index in [1.807, 2.05) is 6.92 Å². The van der Waals surface area contributed by atoms with Crippen molar-refractivity contribution in [2.75, 3.05) is 0 Å². The number of rotatable bonds is 12. The van der Waals surface area contributed by atoms with Crippen molar-refractivity contribution in [3.63, 3.8) is 0 Å². The summed E-state index contributed by atoms with van der Waals surface area (Å²) in [5.74, 6) is 0.146. The van der Waals surface area contributed by atoms with Crippen molar-refractivity contribution in [1.82, 2.24) is 0 Å². The monoisotopic (exact) mass is 282 g/mol. The number of carbonyl (C=O) groups is 1. The third-order valence-electron chi connectivity index (χ3n) is 3.41. The molecule has 1 atom stereocenters. The molecule has 0 aliphatic heterocycles. The minimum Gasteiger partial charge on any atom is -1.00 e. The normalized spacial score (nSPS) is 11.9. The summed E-state index contributed by atoms with van der Waals surface area (Å²) >= 11 is 3.85. The average Bonchev–Trinajstić information content (AvgIpc) is 2.31. The summed E-state index contributed by atoms with van der Waals surface area (Å²) in [4.78, 5) is 10.9. The van der Waals surface area contributed by atoms with E-state index in [4.69, 9.17) is 0 Å². The average molecular weight is 282 g/mol. The van der Waals surface area contributed by atoms with Crippen LogP contribution in [-0.4, -0.2) is 5.12 Å². The molecule has 0 saturated carbocycles. The van der Waals surface area contributed by atoms with Gasteiger partial charge in [-0.1, -0.05) is 78.1 Å². The summed E-state index contributed by atoms with van der Waals surface area (Å²) in [6, 6.07) is 0. The second kappa shape index (κ2) is 16.1. The van der Waals surface area contributed by atoms with Crippen molar-refractivity contribution in [1.29, 1.82) is 0 Å². The van der Waals surface area contributed by atoms with Crippen molar-refractivity contribution < 1.29 is 35.8 Å². The Labute approximate surface area is 143 Å². The SMILES string of the molecule is CCCCCCCCCCCCC(C)C(=O)S.[H-].[Na+]. The van der Waals surface area contributed by atoms with Gasteiger partial charge in [-0.3, -0.25) is 4.79 Å². The Balaban J connectivity index is -0.00000128. The van der Waals surface area contributed by atoms with E-state index in [-0.39, 0.29) is 42.0 Å². The summed E-state index contributed by atoms with van der Waals surface area (Å²) in [7, 11) is 0. The van der Waals surface area contributed by atoms with Crippen LogP contribution in [-0.2, 0) is 4.79 Å². The largest absolute Gasteiger partial charge is 1.00 e. The summed E-state index contributed by atoms with van der Waals surface area (Å²) < 4.78 is 0. The summed E-state index contributed by atoms with van der Waals surface area (Å²) in [5.41, 5.74) is 0. The Hall–Kier alpha value is 1.02. The maximum Gasteiger partial charge on any atom is 1.00 e. The van der Waals surface area contributed by atoms with E-state index >= 15 is 0 Å². The summed E-state index contributed by atoms with van der Waals surface area (Å²) in [6.07, 6.45) is 14.5. The first kappa shape index (κ1) is 21.3. The molecule has 0 heterocycles. The van der Waals surface area contributed by atoms with Crippen LogP contribution in [0.3, 0.4) is 0 Å². The molecule has 0 spiro atoms. The van der Waals surface area contributed by atoms with E-state index in [0.717, 1.165) is 6.42 Å². The van der Waals surface area contributed by atoms with Crippen molar-refractivity contribution in [3.8, 4) is 0 Å². The van der Waals surface area contributed by atoms with Crippen LogP contribution in [0.15, 0.2) is 0 Å². The predicted octanol–water partition coefficient (Wildman–Crippen LogP) is 2.51. The smallest absolute Gasteiger partial charge is 1.00 e. The van der Waals surface area contributed by atoms with Crippen molar-refractivity contribution >= 4 is 17.7 Å². The Morgan fingerprint density at radius 2 is 1.33 bits per heavy atom. The number of hydrogen-bond acceptors (Lipinski definition) is 1. The van der Waals surface area contributed by atoms with Gasteiger partial charge in [0.15, 0.2) is 5.12 Å². The zero-order valence-electron chi connectivity index (χ0n) is 13.7. The van der Waals surface area contributed by atoms with Crippen LogP contribution >= 0.6 is 12.6 Å².